The van der Waals surface area contributed by atoms with Crippen molar-refractivity contribution < 1.29 is 9.59 Å². The Hall–Kier alpha value is -1.40. The summed E-state index contributed by atoms with van der Waals surface area (Å²) in [6, 6.07) is 12.0. The second-order valence-electron chi connectivity index (χ2n) is 4.18. The van der Waals surface area contributed by atoms with E-state index in [0.717, 1.165) is 3.57 Å². The third-order valence-corrected chi connectivity index (χ3v) is 3.86. The number of halogens is 2. The number of ketones is 1. The summed E-state index contributed by atoms with van der Waals surface area (Å²) in [5, 5.41) is 3.34. The van der Waals surface area contributed by atoms with E-state index < -0.39 is 0 Å². The fraction of sp³-hybridized carbons (Fsp3) is 0.0667. The molecule has 0 spiro atoms. The summed E-state index contributed by atoms with van der Waals surface area (Å²) < 4.78 is 0.757. The number of amides is 1. The molecule has 0 saturated carbocycles. The maximum atomic E-state index is 12.3. The van der Waals surface area contributed by atoms with E-state index in [4.69, 9.17) is 11.6 Å². The Labute approximate surface area is 135 Å². The molecule has 102 valence electrons. The monoisotopic (exact) mass is 399 g/mol. The summed E-state index contributed by atoms with van der Waals surface area (Å²) in [4.78, 5) is 23.8. The second-order valence-corrected chi connectivity index (χ2v) is 5.78. The first-order valence-electron chi connectivity index (χ1n) is 5.85. The van der Waals surface area contributed by atoms with Crippen LogP contribution in [0.2, 0.25) is 5.02 Å². The molecule has 20 heavy (non-hydrogen) atoms. The van der Waals surface area contributed by atoms with Crippen LogP contribution < -0.4 is 5.32 Å². The maximum Gasteiger partial charge on any atom is 0.256 e. The predicted octanol–water partition coefficient (Wildman–Crippen LogP) is 4.40. The lowest BCUT2D eigenvalue weighted by atomic mass is 10.1. The number of rotatable bonds is 3. The highest BCUT2D eigenvalue weighted by molar-refractivity contribution is 14.1. The highest BCUT2D eigenvalue weighted by Gasteiger charge is 2.13. The molecule has 2 aromatic carbocycles. The van der Waals surface area contributed by atoms with Gasteiger partial charge in [0.15, 0.2) is 5.78 Å². The first-order chi connectivity index (χ1) is 9.49. The summed E-state index contributed by atoms with van der Waals surface area (Å²) in [6.45, 7) is 1.47. The van der Waals surface area contributed by atoms with Crippen molar-refractivity contribution >= 4 is 51.6 Å². The minimum atomic E-state index is -0.264. The van der Waals surface area contributed by atoms with Crippen LogP contribution in [0.4, 0.5) is 5.69 Å². The van der Waals surface area contributed by atoms with E-state index in [9.17, 15) is 9.59 Å². The summed E-state index contributed by atoms with van der Waals surface area (Å²) in [6.07, 6.45) is 0. The molecular formula is C15H11ClINO2. The average Bonchev–Trinajstić information content (AvgIpc) is 2.38. The number of hydrogen-bond acceptors (Lipinski definition) is 2. The van der Waals surface area contributed by atoms with Crippen molar-refractivity contribution in [2.45, 2.75) is 6.92 Å². The molecule has 0 heterocycles. The average molecular weight is 400 g/mol. The maximum absolute atomic E-state index is 12.3. The molecule has 0 aliphatic rings. The number of anilines is 1. The second kappa shape index (κ2) is 6.37. The topological polar surface area (TPSA) is 46.2 Å². The summed E-state index contributed by atoms with van der Waals surface area (Å²) in [5.41, 5.74) is 1.52. The zero-order chi connectivity index (χ0) is 14.7. The molecule has 3 nitrogen and oxygen atoms in total. The molecule has 0 aromatic heterocycles. The molecule has 0 bridgehead atoms. The first-order valence-corrected chi connectivity index (χ1v) is 7.31. The van der Waals surface area contributed by atoms with E-state index >= 15 is 0 Å². The number of benzene rings is 2. The minimum Gasteiger partial charge on any atom is -0.321 e. The van der Waals surface area contributed by atoms with E-state index in [0.29, 0.717) is 21.8 Å². The fourth-order valence-corrected chi connectivity index (χ4v) is 2.88. The summed E-state index contributed by atoms with van der Waals surface area (Å²) >= 11 is 7.92. The van der Waals surface area contributed by atoms with Gasteiger partial charge in [0.2, 0.25) is 0 Å². The lowest BCUT2D eigenvalue weighted by Gasteiger charge is -2.10. The summed E-state index contributed by atoms with van der Waals surface area (Å²) in [5.74, 6) is -0.355. The van der Waals surface area contributed by atoms with Crippen LogP contribution in [-0.2, 0) is 0 Å². The van der Waals surface area contributed by atoms with Crippen molar-refractivity contribution in [2.75, 3.05) is 5.32 Å². The third-order valence-electron chi connectivity index (χ3n) is 2.73. The zero-order valence-corrected chi connectivity index (χ0v) is 13.5. The molecule has 2 rings (SSSR count). The molecule has 0 atom stereocenters. The van der Waals surface area contributed by atoms with Crippen molar-refractivity contribution in [3.8, 4) is 0 Å². The SMILES string of the molecule is CC(=O)c1ccccc1NC(=O)c1ccc(Cl)cc1I. The van der Waals surface area contributed by atoms with Crippen LogP contribution in [0, 0.1) is 3.57 Å². The van der Waals surface area contributed by atoms with Crippen molar-refractivity contribution in [2.24, 2.45) is 0 Å². The van der Waals surface area contributed by atoms with Crippen LogP contribution in [-0.4, -0.2) is 11.7 Å². The van der Waals surface area contributed by atoms with Gasteiger partial charge in [-0.15, -0.1) is 0 Å². The molecular weight excluding hydrogens is 389 g/mol. The number of para-hydroxylation sites is 1. The van der Waals surface area contributed by atoms with Gasteiger partial charge in [-0.3, -0.25) is 9.59 Å². The van der Waals surface area contributed by atoms with Crippen LogP contribution in [0.25, 0.3) is 0 Å². The molecule has 1 N–H and O–H groups in total. The molecule has 0 unspecified atom stereocenters. The van der Waals surface area contributed by atoms with E-state index in [1.54, 1.807) is 42.5 Å². The number of Topliss-reactive ketones (excluding diaryl/α,β-unsaturated/α-hetero) is 1. The molecule has 5 heteroatoms. The molecule has 0 aliphatic carbocycles. The van der Waals surface area contributed by atoms with Gasteiger partial charge >= 0.3 is 0 Å². The van der Waals surface area contributed by atoms with Gasteiger partial charge in [0.05, 0.1) is 11.3 Å². The zero-order valence-electron chi connectivity index (χ0n) is 10.6. The van der Waals surface area contributed by atoms with Crippen LogP contribution in [0.5, 0.6) is 0 Å². The van der Waals surface area contributed by atoms with Crippen molar-refractivity contribution in [3.05, 3.63) is 62.2 Å². The van der Waals surface area contributed by atoms with Gasteiger partial charge in [-0.2, -0.15) is 0 Å². The number of carbonyl (C=O) groups is 2. The van der Waals surface area contributed by atoms with Gasteiger partial charge in [0.25, 0.3) is 5.91 Å². The quantitative estimate of drug-likeness (QED) is 0.614. The molecule has 0 radical (unpaired) electrons. The van der Waals surface area contributed by atoms with E-state index in [-0.39, 0.29) is 11.7 Å². The predicted molar refractivity (Wildman–Crippen MR) is 88.6 cm³/mol. The van der Waals surface area contributed by atoms with Gasteiger partial charge < -0.3 is 5.32 Å². The Kier molecular flexibility index (Phi) is 4.77. The minimum absolute atomic E-state index is 0.0910. The summed E-state index contributed by atoms with van der Waals surface area (Å²) in [7, 11) is 0. The largest absolute Gasteiger partial charge is 0.321 e. The molecule has 0 fully saturated rings. The Morgan fingerprint density at radius 1 is 1.10 bits per heavy atom. The van der Waals surface area contributed by atoms with E-state index in [2.05, 4.69) is 27.9 Å². The molecule has 0 saturated heterocycles. The Bertz CT molecular complexity index is 685. The molecule has 2 aromatic rings. The van der Waals surface area contributed by atoms with Crippen LogP contribution >= 0.6 is 34.2 Å². The number of nitrogens with one attached hydrogen (secondary N) is 1. The normalized spacial score (nSPS) is 10.2. The lowest BCUT2D eigenvalue weighted by Crippen LogP contribution is -2.15. The highest BCUT2D eigenvalue weighted by atomic mass is 127. The van der Waals surface area contributed by atoms with E-state index in [1.165, 1.54) is 6.92 Å². The van der Waals surface area contributed by atoms with E-state index in [1.807, 2.05) is 0 Å². The lowest BCUT2D eigenvalue weighted by molar-refractivity contribution is 0.101. The fourth-order valence-electron chi connectivity index (χ4n) is 1.76. The van der Waals surface area contributed by atoms with Crippen molar-refractivity contribution in [1.29, 1.82) is 0 Å². The van der Waals surface area contributed by atoms with Gasteiger partial charge in [-0.1, -0.05) is 23.7 Å². The Balaban J connectivity index is 2.30. The Morgan fingerprint density at radius 2 is 1.80 bits per heavy atom. The van der Waals surface area contributed by atoms with Crippen LogP contribution in [0.1, 0.15) is 27.6 Å². The highest BCUT2D eigenvalue weighted by Crippen LogP contribution is 2.21. The standard InChI is InChI=1S/C15H11ClINO2/c1-9(19)11-4-2-3-5-14(11)18-15(20)12-7-6-10(16)8-13(12)17/h2-8H,1H3,(H,18,20). The molecule has 0 aliphatic heterocycles. The molecule has 1 amide bonds. The van der Waals surface area contributed by atoms with Crippen LogP contribution in [0.15, 0.2) is 42.5 Å². The number of carbonyl (C=O) groups excluding carboxylic acids is 2. The smallest absolute Gasteiger partial charge is 0.256 e. The number of hydrogen-bond donors (Lipinski definition) is 1. The van der Waals surface area contributed by atoms with Crippen molar-refractivity contribution in [1.82, 2.24) is 0 Å². The van der Waals surface area contributed by atoms with Gasteiger partial charge in [0.1, 0.15) is 0 Å². The van der Waals surface area contributed by atoms with Gasteiger partial charge in [-0.05, 0) is 59.8 Å². The van der Waals surface area contributed by atoms with Crippen LogP contribution in [0.3, 0.4) is 0 Å². The Morgan fingerprint density at radius 3 is 2.45 bits per heavy atom. The van der Waals surface area contributed by atoms with Crippen molar-refractivity contribution in [3.63, 3.8) is 0 Å². The van der Waals surface area contributed by atoms with Gasteiger partial charge in [0, 0.05) is 14.2 Å². The third kappa shape index (κ3) is 3.37. The first kappa shape index (κ1) is 15.0. The van der Waals surface area contributed by atoms with Gasteiger partial charge in [-0.25, -0.2) is 0 Å².